The molecule has 29 heavy (non-hydrogen) atoms. The van der Waals surface area contributed by atoms with Gasteiger partial charge in [-0.15, -0.1) is 0 Å². The van der Waals surface area contributed by atoms with Crippen LogP contribution in [0.1, 0.15) is 32.4 Å². The molecule has 0 amide bonds. The van der Waals surface area contributed by atoms with Crippen LogP contribution in [0.15, 0.2) is 47.0 Å². The molecule has 0 bridgehead atoms. The molecule has 0 spiro atoms. The first-order valence-electron chi connectivity index (χ1n) is 8.52. The van der Waals surface area contributed by atoms with Crippen molar-refractivity contribution in [3.05, 3.63) is 71.1 Å². The Balaban J connectivity index is 1.55. The Hall–Kier alpha value is -3.75. The molecule has 0 radical (unpaired) electrons. The Labute approximate surface area is 165 Å². The highest BCUT2D eigenvalue weighted by Gasteiger charge is 2.16. The lowest BCUT2D eigenvalue weighted by Gasteiger charge is -2.09. The van der Waals surface area contributed by atoms with Crippen LogP contribution in [0, 0.1) is 12.7 Å². The number of carbonyl (C=O) groups excluding carboxylic acids is 2. The fourth-order valence-corrected chi connectivity index (χ4v) is 2.43. The van der Waals surface area contributed by atoms with Gasteiger partial charge in [0.05, 0.1) is 18.2 Å². The number of esters is 1. The average Bonchev–Trinajstić information content (AvgIpc) is 3.15. The van der Waals surface area contributed by atoms with E-state index in [1.165, 1.54) is 31.4 Å². The van der Waals surface area contributed by atoms with E-state index >= 15 is 0 Å². The van der Waals surface area contributed by atoms with Crippen molar-refractivity contribution in [2.45, 2.75) is 13.5 Å². The molecular weight excluding hydrogens is 383 g/mol. The molecular formula is C20H17FN2O6. The Morgan fingerprint density at radius 2 is 1.90 bits per heavy atom. The highest BCUT2D eigenvalue weighted by atomic mass is 19.1. The summed E-state index contributed by atoms with van der Waals surface area (Å²) in [7, 11) is 1.36. The maximum atomic E-state index is 13.4. The summed E-state index contributed by atoms with van der Waals surface area (Å²) in [4.78, 5) is 28.4. The van der Waals surface area contributed by atoms with Gasteiger partial charge in [-0.2, -0.15) is 4.98 Å². The van der Waals surface area contributed by atoms with Crippen molar-refractivity contribution < 1.29 is 32.7 Å². The van der Waals surface area contributed by atoms with E-state index in [2.05, 4.69) is 10.1 Å². The first-order valence-corrected chi connectivity index (χ1v) is 8.52. The van der Waals surface area contributed by atoms with Crippen molar-refractivity contribution in [2.75, 3.05) is 13.7 Å². The van der Waals surface area contributed by atoms with Gasteiger partial charge in [0.15, 0.2) is 13.2 Å². The van der Waals surface area contributed by atoms with E-state index in [0.717, 1.165) is 6.07 Å². The monoisotopic (exact) mass is 400 g/mol. The van der Waals surface area contributed by atoms with Gasteiger partial charge in [-0.1, -0.05) is 5.16 Å². The lowest BCUT2D eigenvalue weighted by Crippen LogP contribution is -2.15. The van der Waals surface area contributed by atoms with E-state index in [1.807, 2.05) is 0 Å². The Morgan fingerprint density at radius 3 is 2.55 bits per heavy atom. The molecule has 0 aliphatic rings. The lowest BCUT2D eigenvalue weighted by molar-refractivity contribution is 0.0474. The molecule has 3 rings (SSSR count). The molecule has 1 heterocycles. The Kier molecular flexibility index (Phi) is 6.18. The average molecular weight is 400 g/mol. The number of halogens is 1. The number of aromatic nitrogens is 2. The number of benzene rings is 2. The summed E-state index contributed by atoms with van der Waals surface area (Å²) in [5.41, 5.74) is 0.229. The van der Waals surface area contributed by atoms with Gasteiger partial charge in [0.1, 0.15) is 17.3 Å². The van der Waals surface area contributed by atoms with Crippen LogP contribution in [0.5, 0.6) is 11.5 Å². The molecule has 3 aromatic rings. The van der Waals surface area contributed by atoms with Crippen molar-refractivity contribution >= 4 is 11.8 Å². The zero-order chi connectivity index (χ0) is 20.8. The predicted molar refractivity (Wildman–Crippen MR) is 97.4 cm³/mol. The number of Topliss-reactive ketones (excluding diaryl/α,β-unsaturated/α-hetero) is 1. The highest BCUT2D eigenvalue weighted by molar-refractivity contribution is 6.01. The van der Waals surface area contributed by atoms with E-state index in [1.54, 1.807) is 19.1 Å². The number of ether oxygens (including phenoxy) is 3. The zero-order valence-electron chi connectivity index (χ0n) is 15.7. The van der Waals surface area contributed by atoms with Crippen LogP contribution in [0.25, 0.3) is 0 Å². The number of aryl methyl sites for hydroxylation is 1. The summed E-state index contributed by atoms with van der Waals surface area (Å²) in [6.07, 6.45) is 0. The van der Waals surface area contributed by atoms with Gasteiger partial charge in [0.25, 0.3) is 0 Å². The fourth-order valence-electron chi connectivity index (χ4n) is 2.43. The second kappa shape index (κ2) is 8.96. The molecule has 0 saturated heterocycles. The standard InChI is InChI=1S/C20H17FN2O6/c1-12-22-19(23-29-12)11-27-15-6-3-13(4-7-15)20(25)28-10-17(24)16-9-14(21)5-8-18(16)26-2/h3-9H,10-11H2,1-2H3. The Morgan fingerprint density at radius 1 is 1.14 bits per heavy atom. The minimum Gasteiger partial charge on any atom is -0.496 e. The second-order valence-corrected chi connectivity index (χ2v) is 5.89. The van der Waals surface area contributed by atoms with Crippen molar-refractivity contribution in [3.63, 3.8) is 0 Å². The SMILES string of the molecule is COc1ccc(F)cc1C(=O)COC(=O)c1ccc(OCc2noc(C)n2)cc1. The molecule has 8 nitrogen and oxygen atoms in total. The van der Waals surface area contributed by atoms with Gasteiger partial charge >= 0.3 is 5.97 Å². The van der Waals surface area contributed by atoms with Crippen molar-refractivity contribution in [1.29, 1.82) is 0 Å². The Bertz CT molecular complexity index is 1020. The van der Waals surface area contributed by atoms with E-state index < -0.39 is 24.2 Å². The quantitative estimate of drug-likeness (QED) is 0.420. The molecule has 9 heteroatoms. The first kappa shape index (κ1) is 20.0. The number of nitrogens with zero attached hydrogens (tertiary/aromatic N) is 2. The summed E-state index contributed by atoms with van der Waals surface area (Å²) >= 11 is 0. The van der Waals surface area contributed by atoms with Crippen LogP contribution in [0.2, 0.25) is 0 Å². The van der Waals surface area contributed by atoms with Crippen LogP contribution in [0.3, 0.4) is 0 Å². The smallest absolute Gasteiger partial charge is 0.338 e. The number of rotatable bonds is 8. The number of ketones is 1. The van der Waals surface area contributed by atoms with Gasteiger partial charge in [-0.25, -0.2) is 9.18 Å². The van der Waals surface area contributed by atoms with Gasteiger partial charge in [-0.05, 0) is 42.5 Å². The van der Waals surface area contributed by atoms with Crippen LogP contribution in [0.4, 0.5) is 4.39 Å². The van der Waals surface area contributed by atoms with Gasteiger partial charge in [-0.3, -0.25) is 4.79 Å². The van der Waals surface area contributed by atoms with Crippen LogP contribution < -0.4 is 9.47 Å². The molecule has 0 N–H and O–H groups in total. The van der Waals surface area contributed by atoms with Gasteiger partial charge < -0.3 is 18.7 Å². The minimum atomic E-state index is -0.700. The van der Waals surface area contributed by atoms with Crippen LogP contribution in [-0.4, -0.2) is 35.6 Å². The second-order valence-electron chi connectivity index (χ2n) is 5.89. The third-order valence-corrected chi connectivity index (χ3v) is 3.82. The largest absolute Gasteiger partial charge is 0.496 e. The molecule has 0 aliphatic heterocycles. The number of hydrogen-bond acceptors (Lipinski definition) is 8. The van der Waals surface area contributed by atoms with Crippen LogP contribution in [-0.2, 0) is 11.3 Å². The van der Waals surface area contributed by atoms with E-state index in [-0.39, 0.29) is 23.5 Å². The van der Waals surface area contributed by atoms with Crippen molar-refractivity contribution in [2.24, 2.45) is 0 Å². The first-order chi connectivity index (χ1) is 14.0. The summed E-state index contributed by atoms with van der Waals surface area (Å²) in [5.74, 6) is -0.342. The number of methoxy groups -OCH3 is 1. The molecule has 2 aromatic carbocycles. The van der Waals surface area contributed by atoms with Crippen molar-refractivity contribution in [1.82, 2.24) is 10.1 Å². The van der Waals surface area contributed by atoms with E-state index in [9.17, 15) is 14.0 Å². The maximum absolute atomic E-state index is 13.4. The van der Waals surface area contributed by atoms with E-state index in [4.69, 9.17) is 18.7 Å². The normalized spacial score (nSPS) is 10.4. The molecule has 0 unspecified atom stereocenters. The molecule has 0 aliphatic carbocycles. The van der Waals surface area contributed by atoms with Crippen LogP contribution >= 0.6 is 0 Å². The van der Waals surface area contributed by atoms with Gasteiger partial charge in [0.2, 0.25) is 17.5 Å². The summed E-state index contributed by atoms with van der Waals surface area (Å²) in [6, 6.07) is 9.66. The summed E-state index contributed by atoms with van der Waals surface area (Å²) in [6.45, 7) is 1.24. The van der Waals surface area contributed by atoms with Crippen molar-refractivity contribution in [3.8, 4) is 11.5 Å². The summed E-state index contributed by atoms with van der Waals surface area (Å²) in [5, 5.41) is 3.71. The molecule has 0 fully saturated rings. The molecule has 1 aromatic heterocycles. The third kappa shape index (κ3) is 5.16. The van der Waals surface area contributed by atoms with Gasteiger partial charge in [0, 0.05) is 6.92 Å². The number of carbonyl (C=O) groups is 2. The molecule has 0 atom stereocenters. The predicted octanol–water partition coefficient (Wildman–Crippen LogP) is 3.14. The number of hydrogen-bond donors (Lipinski definition) is 0. The molecule has 0 saturated carbocycles. The fraction of sp³-hybridized carbons (Fsp3) is 0.200. The molecule has 150 valence electrons. The zero-order valence-corrected chi connectivity index (χ0v) is 15.7. The third-order valence-electron chi connectivity index (χ3n) is 3.82. The highest BCUT2D eigenvalue weighted by Crippen LogP contribution is 2.20. The summed E-state index contributed by atoms with van der Waals surface area (Å²) < 4.78 is 33.8. The van der Waals surface area contributed by atoms with E-state index in [0.29, 0.717) is 17.5 Å². The minimum absolute atomic E-state index is 0.000695. The topological polar surface area (TPSA) is 101 Å². The lowest BCUT2D eigenvalue weighted by atomic mass is 10.1. The maximum Gasteiger partial charge on any atom is 0.338 e.